The molecule has 0 fully saturated rings. The summed E-state index contributed by atoms with van der Waals surface area (Å²) in [5, 5.41) is 11.5. The first-order valence-electron chi connectivity index (χ1n) is 5.21. The summed E-state index contributed by atoms with van der Waals surface area (Å²) in [6, 6.07) is 6.09. The van der Waals surface area contributed by atoms with E-state index in [4.69, 9.17) is 0 Å². The van der Waals surface area contributed by atoms with Gasteiger partial charge in [-0.1, -0.05) is 19.9 Å². The van der Waals surface area contributed by atoms with Crippen molar-refractivity contribution in [1.82, 2.24) is 19.9 Å². The molecule has 2 heterocycles. The lowest BCUT2D eigenvalue weighted by molar-refractivity contribution is 0.716. The fourth-order valence-electron chi connectivity index (χ4n) is 1.72. The van der Waals surface area contributed by atoms with Crippen molar-refractivity contribution in [2.75, 3.05) is 7.05 Å². The molecule has 15 heavy (non-hydrogen) atoms. The second-order valence-electron chi connectivity index (χ2n) is 3.95. The summed E-state index contributed by atoms with van der Waals surface area (Å²) in [6.07, 6.45) is 0. The Morgan fingerprint density at radius 1 is 1.33 bits per heavy atom. The van der Waals surface area contributed by atoms with Crippen LogP contribution in [0.3, 0.4) is 0 Å². The van der Waals surface area contributed by atoms with Gasteiger partial charge in [-0.2, -0.15) is 0 Å². The Labute approximate surface area is 89.3 Å². The topological polar surface area (TPSA) is 42.2 Å². The third-order valence-corrected chi connectivity index (χ3v) is 2.41. The highest BCUT2D eigenvalue weighted by Gasteiger charge is 2.11. The van der Waals surface area contributed by atoms with Gasteiger partial charge in [0.25, 0.3) is 0 Å². The number of nitrogens with zero attached hydrogens (tertiary/aromatic N) is 3. The molecule has 2 aromatic heterocycles. The molecule has 2 rings (SSSR count). The van der Waals surface area contributed by atoms with Crippen LogP contribution in [-0.2, 0) is 6.54 Å². The number of hydrogen-bond donors (Lipinski definition) is 1. The Kier molecular flexibility index (Phi) is 2.68. The average molecular weight is 204 g/mol. The molecule has 0 aliphatic rings. The summed E-state index contributed by atoms with van der Waals surface area (Å²) in [6.45, 7) is 5.09. The van der Waals surface area contributed by atoms with Gasteiger partial charge in [0.15, 0.2) is 5.65 Å². The second-order valence-corrected chi connectivity index (χ2v) is 3.95. The lowest BCUT2D eigenvalue weighted by atomic mass is 10.2. The van der Waals surface area contributed by atoms with Crippen LogP contribution in [0, 0.1) is 0 Å². The maximum absolute atomic E-state index is 4.22. The highest BCUT2D eigenvalue weighted by molar-refractivity contribution is 5.40. The lowest BCUT2D eigenvalue weighted by Gasteiger charge is -2.08. The van der Waals surface area contributed by atoms with Crippen LogP contribution in [0.25, 0.3) is 5.65 Å². The molecule has 0 spiro atoms. The van der Waals surface area contributed by atoms with Crippen molar-refractivity contribution in [3.05, 3.63) is 29.7 Å². The van der Waals surface area contributed by atoms with E-state index in [0.717, 1.165) is 18.0 Å². The Morgan fingerprint density at radius 2 is 2.13 bits per heavy atom. The van der Waals surface area contributed by atoms with Gasteiger partial charge in [-0.25, -0.2) is 0 Å². The normalized spacial score (nSPS) is 11.5. The molecule has 80 valence electrons. The maximum atomic E-state index is 4.22. The van der Waals surface area contributed by atoms with Crippen LogP contribution in [0.1, 0.15) is 31.3 Å². The number of rotatable bonds is 3. The van der Waals surface area contributed by atoms with Crippen molar-refractivity contribution in [3.8, 4) is 0 Å². The second kappa shape index (κ2) is 3.98. The molecule has 0 saturated heterocycles. The fourth-order valence-corrected chi connectivity index (χ4v) is 1.72. The van der Waals surface area contributed by atoms with Crippen molar-refractivity contribution in [3.63, 3.8) is 0 Å². The van der Waals surface area contributed by atoms with Crippen molar-refractivity contribution in [1.29, 1.82) is 0 Å². The summed E-state index contributed by atoms with van der Waals surface area (Å²) in [5.74, 6) is 1.41. The Morgan fingerprint density at radius 3 is 2.80 bits per heavy atom. The summed E-state index contributed by atoms with van der Waals surface area (Å²) < 4.78 is 2.13. The number of fused-ring (bicyclic) bond motifs is 1. The van der Waals surface area contributed by atoms with Gasteiger partial charge in [-0.3, -0.25) is 4.40 Å². The van der Waals surface area contributed by atoms with Gasteiger partial charge in [-0.05, 0) is 19.2 Å². The first-order chi connectivity index (χ1) is 7.24. The Balaban J connectivity index is 2.63. The van der Waals surface area contributed by atoms with Gasteiger partial charge >= 0.3 is 0 Å². The third-order valence-electron chi connectivity index (χ3n) is 2.41. The van der Waals surface area contributed by atoms with E-state index in [1.165, 1.54) is 5.69 Å². The number of nitrogens with one attached hydrogen (secondary N) is 1. The van der Waals surface area contributed by atoms with Crippen molar-refractivity contribution in [2.24, 2.45) is 0 Å². The molecular weight excluding hydrogens is 188 g/mol. The van der Waals surface area contributed by atoms with E-state index >= 15 is 0 Å². The lowest BCUT2D eigenvalue weighted by Crippen LogP contribution is -2.11. The highest BCUT2D eigenvalue weighted by Crippen LogP contribution is 2.15. The van der Waals surface area contributed by atoms with Gasteiger partial charge in [0.05, 0.1) is 0 Å². The molecule has 4 heteroatoms. The van der Waals surface area contributed by atoms with Crippen LogP contribution in [-0.4, -0.2) is 21.6 Å². The van der Waals surface area contributed by atoms with E-state index in [0.29, 0.717) is 5.92 Å². The first-order valence-corrected chi connectivity index (χ1v) is 5.21. The minimum atomic E-state index is 0.387. The molecule has 1 N–H and O–H groups in total. The molecule has 0 bridgehead atoms. The van der Waals surface area contributed by atoms with E-state index in [2.05, 4.69) is 39.8 Å². The van der Waals surface area contributed by atoms with E-state index in [1.54, 1.807) is 0 Å². The molecule has 4 nitrogen and oxygen atoms in total. The average Bonchev–Trinajstić information content (AvgIpc) is 2.62. The number of hydrogen-bond acceptors (Lipinski definition) is 3. The van der Waals surface area contributed by atoms with Gasteiger partial charge in [0, 0.05) is 18.2 Å². The summed E-state index contributed by atoms with van der Waals surface area (Å²) in [7, 11) is 1.94. The number of aromatic nitrogens is 3. The Bertz CT molecular complexity index is 459. The fraction of sp³-hybridized carbons (Fsp3) is 0.455. The van der Waals surface area contributed by atoms with Crippen molar-refractivity contribution in [2.45, 2.75) is 26.3 Å². The van der Waals surface area contributed by atoms with Gasteiger partial charge in [0.1, 0.15) is 5.82 Å². The van der Waals surface area contributed by atoms with Crippen LogP contribution in [0.5, 0.6) is 0 Å². The van der Waals surface area contributed by atoms with Gasteiger partial charge in [-0.15, -0.1) is 10.2 Å². The molecule has 0 atom stereocenters. The summed E-state index contributed by atoms with van der Waals surface area (Å²) >= 11 is 0. The summed E-state index contributed by atoms with van der Waals surface area (Å²) in [5.41, 5.74) is 2.12. The minimum absolute atomic E-state index is 0.387. The monoisotopic (exact) mass is 204 g/mol. The van der Waals surface area contributed by atoms with E-state index in [-0.39, 0.29) is 0 Å². The first kappa shape index (κ1) is 10.1. The largest absolute Gasteiger partial charge is 0.314 e. The molecule has 0 unspecified atom stereocenters. The SMILES string of the molecule is CNCc1cccc2nnc(C(C)C)n12. The standard InChI is InChI=1S/C11H16N4/c1-8(2)11-14-13-10-6-4-5-9(7-12-3)15(10)11/h4-6,8,12H,7H2,1-3H3. The smallest absolute Gasteiger partial charge is 0.161 e. The quantitative estimate of drug-likeness (QED) is 0.825. The molecule has 0 amide bonds. The van der Waals surface area contributed by atoms with E-state index in [9.17, 15) is 0 Å². The molecule has 0 aromatic carbocycles. The van der Waals surface area contributed by atoms with Crippen LogP contribution < -0.4 is 5.32 Å². The number of pyridine rings is 1. The van der Waals surface area contributed by atoms with Crippen LogP contribution in [0.15, 0.2) is 18.2 Å². The molecule has 0 saturated carbocycles. The van der Waals surface area contributed by atoms with Crippen LogP contribution in [0.4, 0.5) is 0 Å². The van der Waals surface area contributed by atoms with Gasteiger partial charge < -0.3 is 5.32 Å². The molecular formula is C11H16N4. The minimum Gasteiger partial charge on any atom is -0.314 e. The zero-order valence-electron chi connectivity index (χ0n) is 9.36. The molecule has 0 radical (unpaired) electrons. The summed E-state index contributed by atoms with van der Waals surface area (Å²) in [4.78, 5) is 0. The van der Waals surface area contributed by atoms with Crippen LogP contribution in [0.2, 0.25) is 0 Å². The maximum Gasteiger partial charge on any atom is 0.161 e. The van der Waals surface area contributed by atoms with Gasteiger partial charge in [0.2, 0.25) is 0 Å². The molecule has 0 aliphatic carbocycles. The van der Waals surface area contributed by atoms with E-state index < -0.39 is 0 Å². The highest BCUT2D eigenvalue weighted by atomic mass is 15.3. The van der Waals surface area contributed by atoms with Crippen molar-refractivity contribution >= 4 is 5.65 Å². The molecule has 0 aliphatic heterocycles. The Hall–Kier alpha value is -1.42. The molecule has 2 aromatic rings. The predicted molar refractivity (Wildman–Crippen MR) is 59.8 cm³/mol. The van der Waals surface area contributed by atoms with Crippen LogP contribution >= 0.6 is 0 Å². The third kappa shape index (κ3) is 1.72. The van der Waals surface area contributed by atoms with Crippen molar-refractivity contribution < 1.29 is 0 Å². The zero-order valence-corrected chi connectivity index (χ0v) is 9.36. The van der Waals surface area contributed by atoms with E-state index in [1.807, 2.05) is 19.2 Å². The zero-order chi connectivity index (χ0) is 10.8. The predicted octanol–water partition coefficient (Wildman–Crippen LogP) is 1.57.